The number of para-hydroxylation sites is 2. The summed E-state index contributed by atoms with van der Waals surface area (Å²) >= 11 is 0. The van der Waals surface area contributed by atoms with Crippen molar-refractivity contribution in [3.63, 3.8) is 0 Å². The van der Waals surface area contributed by atoms with Crippen LogP contribution < -0.4 is 10.2 Å². The fraction of sp³-hybridized carbons (Fsp3) is 0.227. The van der Waals surface area contributed by atoms with E-state index in [1.807, 2.05) is 42.5 Å². The van der Waals surface area contributed by atoms with Crippen LogP contribution in [0.1, 0.15) is 10.4 Å². The second-order valence-corrected chi connectivity index (χ2v) is 7.56. The van der Waals surface area contributed by atoms with E-state index < -0.39 is 0 Å². The molecule has 1 saturated heterocycles. The number of fused-ring (bicyclic) bond motifs is 1. The number of carbonyl (C=O) groups is 1. The van der Waals surface area contributed by atoms with Crippen molar-refractivity contribution in [3.05, 3.63) is 60.2 Å². The molecule has 8 nitrogen and oxygen atoms in total. The summed E-state index contributed by atoms with van der Waals surface area (Å²) in [7, 11) is 2.13. The molecule has 0 aliphatic carbocycles. The van der Waals surface area contributed by atoms with Gasteiger partial charge < -0.3 is 20.1 Å². The van der Waals surface area contributed by atoms with Crippen molar-refractivity contribution < 1.29 is 4.79 Å². The molecule has 5 rings (SSSR count). The fourth-order valence-electron chi connectivity index (χ4n) is 3.68. The number of nitrogens with one attached hydrogen (secondary N) is 3. The van der Waals surface area contributed by atoms with Gasteiger partial charge in [0, 0.05) is 43.5 Å². The molecule has 0 bridgehead atoms. The first-order valence-electron chi connectivity index (χ1n) is 10.0. The quantitative estimate of drug-likeness (QED) is 0.489. The second kappa shape index (κ2) is 7.64. The predicted octanol–water partition coefficient (Wildman–Crippen LogP) is 2.96. The number of aromatic nitrogens is 4. The zero-order chi connectivity index (χ0) is 20.5. The smallest absolute Gasteiger partial charge is 0.256 e. The highest BCUT2D eigenvalue weighted by Crippen LogP contribution is 2.22. The Hall–Kier alpha value is -3.65. The van der Waals surface area contributed by atoms with Crippen molar-refractivity contribution >= 4 is 28.4 Å². The molecule has 2 aromatic carbocycles. The van der Waals surface area contributed by atoms with Crippen LogP contribution in [0.15, 0.2) is 54.6 Å². The molecule has 3 heterocycles. The molecule has 152 valence electrons. The van der Waals surface area contributed by atoms with Gasteiger partial charge in [0.25, 0.3) is 5.91 Å². The molecule has 4 aromatic rings. The van der Waals surface area contributed by atoms with Crippen LogP contribution in [0.4, 0.5) is 11.5 Å². The molecule has 1 amide bonds. The molecule has 1 aliphatic heterocycles. The highest BCUT2D eigenvalue weighted by molar-refractivity contribution is 6.04. The van der Waals surface area contributed by atoms with E-state index in [0.29, 0.717) is 22.9 Å². The number of H-pyrrole nitrogens is 2. The number of imidazole rings is 1. The van der Waals surface area contributed by atoms with E-state index in [0.717, 1.165) is 42.9 Å². The molecule has 0 atom stereocenters. The van der Waals surface area contributed by atoms with E-state index >= 15 is 0 Å². The number of likely N-dealkylation sites (N-methyl/N-ethyl adjacent to an activating group) is 1. The third kappa shape index (κ3) is 3.65. The summed E-state index contributed by atoms with van der Waals surface area (Å²) in [6, 6.07) is 17.3. The Morgan fingerprint density at radius 3 is 2.70 bits per heavy atom. The SMILES string of the molecule is CN1CCN(c2cccc(C(=O)Nc3cc(-c4nc5ccccc5[nH]4)[nH]n3)c2)CC1. The van der Waals surface area contributed by atoms with E-state index in [2.05, 4.69) is 48.4 Å². The number of nitrogens with zero attached hydrogens (tertiary/aromatic N) is 4. The summed E-state index contributed by atoms with van der Waals surface area (Å²) in [5.74, 6) is 0.954. The number of carbonyl (C=O) groups excluding carboxylic acids is 1. The van der Waals surface area contributed by atoms with Gasteiger partial charge in [-0.3, -0.25) is 9.89 Å². The minimum atomic E-state index is -0.186. The van der Waals surface area contributed by atoms with Crippen LogP contribution in [0.25, 0.3) is 22.6 Å². The van der Waals surface area contributed by atoms with Crippen LogP contribution >= 0.6 is 0 Å². The number of hydrogen-bond acceptors (Lipinski definition) is 5. The Morgan fingerprint density at radius 1 is 1.03 bits per heavy atom. The average molecular weight is 401 g/mol. The minimum Gasteiger partial charge on any atom is -0.369 e. The molecule has 0 saturated carbocycles. The first-order chi connectivity index (χ1) is 14.7. The third-order valence-electron chi connectivity index (χ3n) is 5.44. The lowest BCUT2D eigenvalue weighted by atomic mass is 10.1. The van der Waals surface area contributed by atoms with Crippen molar-refractivity contribution in [2.24, 2.45) is 0 Å². The fourth-order valence-corrected chi connectivity index (χ4v) is 3.68. The number of benzene rings is 2. The van der Waals surface area contributed by atoms with Gasteiger partial charge in [-0.25, -0.2) is 4.98 Å². The first-order valence-corrected chi connectivity index (χ1v) is 10.0. The summed E-state index contributed by atoms with van der Waals surface area (Å²) in [5.41, 5.74) is 4.23. The van der Waals surface area contributed by atoms with Crippen LogP contribution in [0.2, 0.25) is 0 Å². The summed E-state index contributed by atoms with van der Waals surface area (Å²) in [4.78, 5) is 25.2. The Morgan fingerprint density at radius 2 is 1.87 bits per heavy atom. The Kier molecular flexibility index (Phi) is 4.68. The Labute approximate surface area is 173 Å². The standard InChI is InChI=1S/C22H23N7O/c1-28-9-11-29(12-10-28)16-6-4-5-15(13-16)22(30)25-20-14-19(26-27-20)21-23-17-7-2-3-8-18(17)24-21/h2-8,13-14H,9-12H2,1H3,(H,23,24)(H2,25,26,27,30). The van der Waals surface area contributed by atoms with Gasteiger partial charge >= 0.3 is 0 Å². The van der Waals surface area contributed by atoms with Crippen LogP contribution in [-0.4, -0.2) is 64.2 Å². The summed E-state index contributed by atoms with van der Waals surface area (Å²) in [5, 5.41) is 10.0. The number of aromatic amines is 2. The molecule has 1 fully saturated rings. The van der Waals surface area contributed by atoms with Gasteiger partial charge in [0.1, 0.15) is 5.69 Å². The number of piperazine rings is 1. The van der Waals surface area contributed by atoms with E-state index in [4.69, 9.17) is 0 Å². The van der Waals surface area contributed by atoms with Crippen LogP contribution in [0.5, 0.6) is 0 Å². The maximum absolute atomic E-state index is 12.8. The molecule has 1 aliphatic rings. The topological polar surface area (TPSA) is 92.9 Å². The molecule has 0 unspecified atom stereocenters. The molecule has 0 spiro atoms. The number of rotatable bonds is 4. The monoisotopic (exact) mass is 401 g/mol. The number of hydrogen-bond donors (Lipinski definition) is 3. The average Bonchev–Trinajstić information content (AvgIpc) is 3.41. The van der Waals surface area contributed by atoms with Crippen molar-refractivity contribution in [1.82, 2.24) is 25.1 Å². The van der Waals surface area contributed by atoms with Gasteiger partial charge in [-0.1, -0.05) is 18.2 Å². The molecular formula is C22H23N7O. The summed E-state index contributed by atoms with van der Waals surface area (Å²) in [6.07, 6.45) is 0. The van der Waals surface area contributed by atoms with Gasteiger partial charge in [0.2, 0.25) is 0 Å². The molecule has 2 aromatic heterocycles. The lowest BCUT2D eigenvalue weighted by Crippen LogP contribution is -2.44. The van der Waals surface area contributed by atoms with Gasteiger partial charge in [-0.05, 0) is 37.4 Å². The van der Waals surface area contributed by atoms with Crippen molar-refractivity contribution in [3.8, 4) is 11.5 Å². The molecule has 0 radical (unpaired) electrons. The Bertz CT molecular complexity index is 1150. The molecule has 30 heavy (non-hydrogen) atoms. The lowest BCUT2D eigenvalue weighted by Gasteiger charge is -2.34. The van der Waals surface area contributed by atoms with E-state index in [1.54, 1.807) is 6.07 Å². The highest BCUT2D eigenvalue weighted by Gasteiger charge is 2.16. The highest BCUT2D eigenvalue weighted by atomic mass is 16.1. The van der Waals surface area contributed by atoms with Crippen molar-refractivity contribution in [1.29, 1.82) is 0 Å². The largest absolute Gasteiger partial charge is 0.369 e. The van der Waals surface area contributed by atoms with Gasteiger partial charge in [0.15, 0.2) is 11.6 Å². The maximum Gasteiger partial charge on any atom is 0.256 e. The Balaban J connectivity index is 1.31. The molecule has 8 heteroatoms. The van der Waals surface area contributed by atoms with E-state index in [9.17, 15) is 4.79 Å². The van der Waals surface area contributed by atoms with E-state index in [1.165, 1.54) is 0 Å². The second-order valence-electron chi connectivity index (χ2n) is 7.56. The minimum absolute atomic E-state index is 0.186. The predicted molar refractivity (Wildman–Crippen MR) is 118 cm³/mol. The van der Waals surface area contributed by atoms with Gasteiger partial charge in [-0.15, -0.1) is 0 Å². The van der Waals surface area contributed by atoms with Gasteiger partial charge in [-0.2, -0.15) is 5.10 Å². The lowest BCUT2D eigenvalue weighted by molar-refractivity contribution is 0.102. The third-order valence-corrected chi connectivity index (χ3v) is 5.44. The van der Waals surface area contributed by atoms with Crippen LogP contribution in [-0.2, 0) is 0 Å². The normalized spacial score (nSPS) is 14.9. The van der Waals surface area contributed by atoms with Crippen molar-refractivity contribution in [2.75, 3.05) is 43.4 Å². The van der Waals surface area contributed by atoms with Gasteiger partial charge in [0.05, 0.1) is 11.0 Å². The van der Waals surface area contributed by atoms with Crippen molar-refractivity contribution in [2.45, 2.75) is 0 Å². The first kappa shape index (κ1) is 18.4. The number of amides is 1. The zero-order valence-corrected chi connectivity index (χ0v) is 16.7. The zero-order valence-electron chi connectivity index (χ0n) is 16.7. The summed E-state index contributed by atoms with van der Waals surface area (Å²) < 4.78 is 0. The molecular weight excluding hydrogens is 378 g/mol. The summed E-state index contributed by atoms with van der Waals surface area (Å²) in [6.45, 7) is 3.96. The van der Waals surface area contributed by atoms with E-state index in [-0.39, 0.29) is 5.91 Å². The van der Waals surface area contributed by atoms with Crippen LogP contribution in [0, 0.1) is 0 Å². The maximum atomic E-state index is 12.8. The number of anilines is 2. The molecule has 3 N–H and O–H groups in total. The van der Waals surface area contributed by atoms with Crippen LogP contribution in [0.3, 0.4) is 0 Å².